The molecule has 1 aromatic heterocycles. The zero-order chi connectivity index (χ0) is 27.7. The number of nitriles is 1. The summed E-state index contributed by atoms with van der Waals surface area (Å²) in [7, 11) is 1.67. The van der Waals surface area contributed by atoms with E-state index in [2.05, 4.69) is 31.6 Å². The molecule has 3 heterocycles. The molecule has 2 N–H and O–H groups in total. The summed E-state index contributed by atoms with van der Waals surface area (Å²) in [5, 5.41) is 16.5. The van der Waals surface area contributed by atoms with Crippen LogP contribution in [0.2, 0.25) is 0 Å². The zero-order valence-corrected chi connectivity index (χ0v) is 24.0. The van der Waals surface area contributed by atoms with Crippen LogP contribution in [-0.2, 0) is 16.0 Å². The van der Waals surface area contributed by atoms with Gasteiger partial charge in [-0.1, -0.05) is 24.6 Å². The fourth-order valence-corrected chi connectivity index (χ4v) is 7.49. The van der Waals surface area contributed by atoms with E-state index in [-0.39, 0.29) is 5.41 Å². The molecule has 9 nitrogen and oxygen atoms in total. The van der Waals surface area contributed by atoms with Crippen LogP contribution in [0.4, 0.5) is 11.8 Å². The van der Waals surface area contributed by atoms with E-state index in [4.69, 9.17) is 14.2 Å². The van der Waals surface area contributed by atoms with Crippen molar-refractivity contribution in [2.75, 3.05) is 50.6 Å². The summed E-state index contributed by atoms with van der Waals surface area (Å²) < 4.78 is 17.5. The topological polar surface area (TPSA) is 105 Å². The second-order valence-corrected chi connectivity index (χ2v) is 12.8. The van der Waals surface area contributed by atoms with Gasteiger partial charge in [0.15, 0.2) is 5.79 Å². The van der Waals surface area contributed by atoms with Crippen LogP contribution < -0.4 is 15.4 Å². The summed E-state index contributed by atoms with van der Waals surface area (Å²) in [6.07, 6.45) is 8.03. The maximum Gasteiger partial charge on any atom is 0.224 e. The highest BCUT2D eigenvalue weighted by Crippen LogP contribution is 2.49. The standard InChI is InChI=1S/C31H42N6O3/c1-30(2)39-19-31(20-40-30)17-37(18-31)27-22-8-6-9-23(27)12-21(11-22)14-33-28-25(13-32)16-35-29(36-28)34-15-24-7-4-5-10-26(24)38-3/h4-5,7,10,16,21-23,27H,6,8-9,11-12,14-15,17-20H2,1-3H3,(H2,33,34,35,36)/t21?,22-,23+,27-. The number of hydrogen-bond donors (Lipinski definition) is 2. The summed E-state index contributed by atoms with van der Waals surface area (Å²) in [5.74, 6) is 3.52. The van der Waals surface area contributed by atoms with E-state index in [1.807, 2.05) is 38.1 Å². The summed E-state index contributed by atoms with van der Waals surface area (Å²) in [4.78, 5) is 11.8. The van der Waals surface area contributed by atoms with Crippen molar-refractivity contribution in [3.05, 3.63) is 41.6 Å². The van der Waals surface area contributed by atoms with Crippen molar-refractivity contribution in [3.63, 3.8) is 0 Å². The summed E-state index contributed by atoms with van der Waals surface area (Å²) in [6, 6.07) is 10.8. The lowest BCUT2D eigenvalue weighted by atomic mass is 9.62. The quantitative estimate of drug-likeness (QED) is 0.489. The molecule has 2 saturated carbocycles. The van der Waals surface area contributed by atoms with Crippen LogP contribution >= 0.6 is 0 Å². The van der Waals surface area contributed by atoms with Crippen LogP contribution in [-0.4, -0.2) is 66.7 Å². The zero-order valence-electron chi connectivity index (χ0n) is 24.0. The molecule has 1 aromatic carbocycles. The molecule has 0 amide bonds. The fourth-order valence-electron chi connectivity index (χ4n) is 7.49. The number of likely N-dealkylation sites (tertiary alicyclic amines) is 1. The third-order valence-electron chi connectivity index (χ3n) is 9.44. The van der Waals surface area contributed by atoms with Crippen LogP contribution in [0.25, 0.3) is 0 Å². The SMILES string of the molecule is COc1ccccc1CNc1ncc(C#N)c(NCC2C[C@H]3CCC[C@@H](C2)[C@@H]3N2CC3(COC(C)(C)OC3)C2)n1. The Morgan fingerprint density at radius 2 is 1.82 bits per heavy atom. The predicted octanol–water partition coefficient (Wildman–Crippen LogP) is 4.66. The number of methoxy groups -OCH3 is 1. The summed E-state index contributed by atoms with van der Waals surface area (Å²) >= 11 is 0. The van der Waals surface area contributed by atoms with Crippen molar-refractivity contribution in [1.82, 2.24) is 14.9 Å². The fraction of sp³-hybridized carbons (Fsp3) is 0.645. The molecule has 40 heavy (non-hydrogen) atoms. The summed E-state index contributed by atoms with van der Waals surface area (Å²) in [5.41, 5.74) is 1.68. The first-order valence-corrected chi connectivity index (χ1v) is 14.8. The first-order valence-electron chi connectivity index (χ1n) is 14.8. The highest BCUT2D eigenvalue weighted by Gasteiger charge is 2.54. The minimum atomic E-state index is -0.450. The Bertz CT molecular complexity index is 1210. The van der Waals surface area contributed by atoms with Crippen molar-refractivity contribution in [1.29, 1.82) is 5.26 Å². The smallest absolute Gasteiger partial charge is 0.224 e. The van der Waals surface area contributed by atoms with Crippen molar-refractivity contribution < 1.29 is 14.2 Å². The first kappa shape index (κ1) is 27.3. The number of aromatic nitrogens is 2. The number of anilines is 2. The van der Waals surface area contributed by atoms with E-state index in [9.17, 15) is 5.26 Å². The van der Waals surface area contributed by atoms with Gasteiger partial charge in [0.25, 0.3) is 0 Å². The van der Waals surface area contributed by atoms with Gasteiger partial charge in [0.05, 0.1) is 26.5 Å². The minimum absolute atomic E-state index is 0.181. The third kappa shape index (κ3) is 5.63. The first-order chi connectivity index (χ1) is 19.4. The maximum atomic E-state index is 9.69. The van der Waals surface area contributed by atoms with E-state index in [1.54, 1.807) is 13.3 Å². The number of hydrogen-bond acceptors (Lipinski definition) is 9. The third-order valence-corrected chi connectivity index (χ3v) is 9.44. The van der Waals surface area contributed by atoms with Gasteiger partial charge in [-0.05, 0) is 63.4 Å². The molecule has 4 fully saturated rings. The maximum absolute atomic E-state index is 9.69. The lowest BCUT2D eigenvalue weighted by molar-refractivity contribution is -0.310. The van der Waals surface area contributed by atoms with Gasteiger partial charge in [-0.15, -0.1) is 0 Å². The molecule has 1 spiro atoms. The molecule has 2 bridgehead atoms. The molecule has 9 heteroatoms. The van der Waals surface area contributed by atoms with Gasteiger partial charge in [-0.3, -0.25) is 4.90 Å². The number of nitrogens with zero attached hydrogens (tertiary/aromatic N) is 4. The van der Waals surface area contributed by atoms with E-state index in [0.717, 1.165) is 56.0 Å². The number of fused-ring (bicyclic) bond motifs is 2. The normalized spacial score (nSPS) is 28.8. The average Bonchev–Trinajstić information content (AvgIpc) is 2.94. The molecule has 0 radical (unpaired) electrons. The number of ether oxygens (including phenoxy) is 3. The highest BCUT2D eigenvalue weighted by molar-refractivity contribution is 5.53. The number of para-hydroxylation sites is 1. The van der Waals surface area contributed by atoms with E-state index in [0.29, 0.717) is 35.8 Å². The van der Waals surface area contributed by atoms with Crippen LogP contribution in [0.5, 0.6) is 5.75 Å². The van der Waals surface area contributed by atoms with Crippen LogP contribution in [0, 0.1) is 34.5 Å². The average molecular weight is 547 g/mol. The van der Waals surface area contributed by atoms with Gasteiger partial charge in [0, 0.05) is 43.2 Å². The number of nitrogens with one attached hydrogen (secondary N) is 2. The van der Waals surface area contributed by atoms with Crippen molar-refractivity contribution >= 4 is 11.8 Å². The molecule has 214 valence electrons. The van der Waals surface area contributed by atoms with Gasteiger partial charge >= 0.3 is 0 Å². The number of benzene rings is 1. The number of rotatable bonds is 8. The summed E-state index contributed by atoms with van der Waals surface area (Å²) in [6.45, 7) is 9.20. The monoisotopic (exact) mass is 546 g/mol. The molecule has 2 aliphatic heterocycles. The Hall–Kier alpha value is -2.93. The highest BCUT2D eigenvalue weighted by atomic mass is 16.7. The Kier molecular flexibility index (Phi) is 7.60. The van der Waals surface area contributed by atoms with E-state index >= 15 is 0 Å². The molecule has 1 unspecified atom stereocenters. The molecule has 6 rings (SSSR count). The Morgan fingerprint density at radius 1 is 1.10 bits per heavy atom. The lowest BCUT2D eigenvalue weighted by Crippen LogP contribution is -2.69. The van der Waals surface area contributed by atoms with E-state index < -0.39 is 5.79 Å². The molecule has 4 atom stereocenters. The minimum Gasteiger partial charge on any atom is -0.496 e. The molecule has 2 aromatic rings. The molecule has 2 aliphatic carbocycles. The largest absolute Gasteiger partial charge is 0.496 e. The van der Waals surface area contributed by atoms with Gasteiger partial charge in [-0.25, -0.2) is 4.98 Å². The Balaban J connectivity index is 1.05. The van der Waals surface area contributed by atoms with Crippen LogP contribution in [0.1, 0.15) is 57.1 Å². The van der Waals surface area contributed by atoms with Crippen molar-refractivity contribution in [2.45, 2.75) is 64.3 Å². The van der Waals surface area contributed by atoms with Gasteiger partial charge in [-0.2, -0.15) is 10.2 Å². The molecular formula is C31H42N6O3. The Labute approximate surface area is 237 Å². The molecular weight excluding hydrogens is 504 g/mol. The predicted molar refractivity (Wildman–Crippen MR) is 153 cm³/mol. The van der Waals surface area contributed by atoms with Gasteiger partial charge in [0.1, 0.15) is 23.2 Å². The second kappa shape index (κ2) is 11.2. The van der Waals surface area contributed by atoms with E-state index in [1.165, 1.54) is 32.1 Å². The van der Waals surface area contributed by atoms with Gasteiger partial charge in [0.2, 0.25) is 5.95 Å². The molecule has 2 saturated heterocycles. The van der Waals surface area contributed by atoms with Crippen LogP contribution in [0.3, 0.4) is 0 Å². The molecule has 4 aliphatic rings. The van der Waals surface area contributed by atoms with Crippen molar-refractivity contribution in [3.8, 4) is 11.8 Å². The van der Waals surface area contributed by atoms with Crippen LogP contribution in [0.15, 0.2) is 30.5 Å². The second-order valence-electron chi connectivity index (χ2n) is 12.8. The van der Waals surface area contributed by atoms with Gasteiger partial charge < -0.3 is 24.8 Å². The lowest BCUT2D eigenvalue weighted by Gasteiger charge is -2.61. The Morgan fingerprint density at radius 3 is 2.52 bits per heavy atom. The van der Waals surface area contributed by atoms with Crippen molar-refractivity contribution in [2.24, 2.45) is 23.2 Å².